The molecule has 0 atom stereocenters. The quantitative estimate of drug-likeness (QED) is 0.177. The monoisotopic (exact) mass is 576 g/mol. The summed E-state index contributed by atoms with van der Waals surface area (Å²) < 4.78 is 3.20. The third-order valence-electron chi connectivity index (χ3n) is 5.04. The van der Waals surface area contributed by atoms with Gasteiger partial charge in [-0.15, -0.1) is 5.10 Å². The van der Waals surface area contributed by atoms with Crippen molar-refractivity contribution in [3.63, 3.8) is 0 Å². The lowest BCUT2D eigenvalue weighted by molar-refractivity contribution is 0.471. The van der Waals surface area contributed by atoms with Gasteiger partial charge in [0, 0.05) is 25.5 Å². The number of hydrazone groups is 1. The van der Waals surface area contributed by atoms with Crippen LogP contribution in [0.25, 0.3) is 0 Å². The summed E-state index contributed by atoms with van der Waals surface area (Å²) in [7, 11) is 0. The minimum atomic E-state index is 0.227. The van der Waals surface area contributed by atoms with Crippen LogP contribution in [0.2, 0.25) is 0 Å². The number of aliphatic imine (C=N–C) groups is 1. The average Bonchev–Trinajstić information content (AvgIpc) is 3.26. The van der Waals surface area contributed by atoms with Gasteiger partial charge < -0.3 is 16.1 Å². The molecule has 33 heavy (non-hydrogen) atoms. The minimum Gasteiger partial charge on any atom is -0.507 e. The maximum absolute atomic E-state index is 9.59. The van der Waals surface area contributed by atoms with E-state index in [0.29, 0.717) is 28.5 Å². The molecule has 1 heterocycles. The molecule has 4 N–H and O–H groups in total. The number of halogens is 2. The summed E-state index contributed by atoms with van der Waals surface area (Å²) >= 11 is 6.65. The van der Waals surface area contributed by atoms with Gasteiger partial charge in [0.2, 0.25) is 0 Å². The SMILES string of the molecule is NN=C(C=NCCc1ccc(O)c(Br)c1)CCCc1cn(CCc2ccc(O)c(Br)c2)nn1. The Morgan fingerprint density at radius 1 is 1.00 bits per heavy atom. The number of aryl methyl sites for hydroxylation is 3. The minimum absolute atomic E-state index is 0.227. The second kappa shape index (κ2) is 12.5. The maximum atomic E-state index is 9.59. The van der Waals surface area contributed by atoms with Crippen LogP contribution >= 0.6 is 31.9 Å². The lowest BCUT2D eigenvalue weighted by atomic mass is 10.1. The Morgan fingerprint density at radius 2 is 1.67 bits per heavy atom. The summed E-state index contributed by atoms with van der Waals surface area (Å²) in [4.78, 5) is 4.42. The van der Waals surface area contributed by atoms with E-state index in [2.05, 4.69) is 52.3 Å². The Balaban J connectivity index is 1.38. The molecule has 3 rings (SSSR count). The van der Waals surface area contributed by atoms with Crippen LogP contribution in [0.15, 0.2) is 61.6 Å². The van der Waals surface area contributed by atoms with Gasteiger partial charge in [0.25, 0.3) is 0 Å². The predicted molar refractivity (Wildman–Crippen MR) is 137 cm³/mol. The van der Waals surface area contributed by atoms with E-state index in [0.717, 1.165) is 48.2 Å². The molecule has 0 aliphatic carbocycles. The molecule has 174 valence electrons. The highest BCUT2D eigenvalue weighted by molar-refractivity contribution is 9.10. The highest BCUT2D eigenvalue weighted by Gasteiger charge is 2.05. The highest BCUT2D eigenvalue weighted by Crippen LogP contribution is 2.25. The van der Waals surface area contributed by atoms with E-state index in [1.807, 2.05) is 35.1 Å². The number of phenolic OH excluding ortho intramolecular Hbond substituents is 2. The fraction of sp³-hybridized carbons (Fsp3) is 0.304. The Labute approximate surface area is 209 Å². The maximum Gasteiger partial charge on any atom is 0.129 e. The summed E-state index contributed by atoms with van der Waals surface area (Å²) in [5.41, 5.74) is 3.86. The van der Waals surface area contributed by atoms with Crippen LogP contribution in [-0.4, -0.2) is 43.7 Å². The Hall–Kier alpha value is -2.72. The fourth-order valence-electron chi connectivity index (χ4n) is 3.19. The molecule has 0 saturated carbocycles. The van der Waals surface area contributed by atoms with Gasteiger partial charge in [0.05, 0.1) is 20.4 Å². The molecule has 0 spiro atoms. The summed E-state index contributed by atoms with van der Waals surface area (Å²) in [6.45, 7) is 1.33. The van der Waals surface area contributed by atoms with E-state index in [1.165, 1.54) is 0 Å². The van der Waals surface area contributed by atoms with Crippen LogP contribution in [0.1, 0.15) is 29.7 Å². The summed E-state index contributed by atoms with van der Waals surface area (Å²) in [5, 5.41) is 31.4. The Kier molecular flexibility index (Phi) is 9.44. The first-order valence-electron chi connectivity index (χ1n) is 10.5. The molecular weight excluding hydrogens is 552 g/mol. The number of nitrogens with two attached hydrogens (primary N) is 1. The van der Waals surface area contributed by atoms with E-state index >= 15 is 0 Å². The van der Waals surface area contributed by atoms with Crippen LogP contribution in [0.4, 0.5) is 0 Å². The van der Waals surface area contributed by atoms with Gasteiger partial charge in [-0.3, -0.25) is 9.67 Å². The van der Waals surface area contributed by atoms with Crippen molar-refractivity contribution in [1.29, 1.82) is 0 Å². The number of aromatic hydroxyl groups is 2. The van der Waals surface area contributed by atoms with Gasteiger partial charge >= 0.3 is 0 Å². The molecule has 0 unspecified atom stereocenters. The number of hydrogen-bond acceptors (Lipinski definition) is 7. The van der Waals surface area contributed by atoms with Gasteiger partial charge in [-0.1, -0.05) is 17.3 Å². The molecule has 0 amide bonds. The smallest absolute Gasteiger partial charge is 0.129 e. The normalized spacial score (nSPS) is 12.0. The largest absolute Gasteiger partial charge is 0.507 e. The molecule has 0 bridgehead atoms. The number of benzene rings is 2. The van der Waals surface area contributed by atoms with Crippen molar-refractivity contribution in [3.05, 3.63) is 68.4 Å². The molecule has 0 fully saturated rings. The lowest BCUT2D eigenvalue weighted by Crippen LogP contribution is -2.05. The zero-order valence-electron chi connectivity index (χ0n) is 18.0. The average molecular weight is 578 g/mol. The number of phenols is 2. The molecule has 8 nitrogen and oxygen atoms in total. The van der Waals surface area contributed by atoms with Crippen LogP contribution < -0.4 is 5.84 Å². The molecule has 10 heteroatoms. The topological polar surface area (TPSA) is 122 Å². The number of nitrogens with zero attached hydrogens (tertiary/aromatic N) is 5. The standard InChI is InChI=1S/C23H26Br2N6O2/c24-20-12-16(4-6-22(20)32)8-10-27-14-18(28-26)2-1-3-19-15-31(30-29-19)11-9-17-5-7-23(33)21(25)13-17/h4-7,12-15,32-33H,1-3,8-11,26H2. The summed E-state index contributed by atoms with van der Waals surface area (Å²) in [6, 6.07) is 10.9. The second-order valence-electron chi connectivity index (χ2n) is 7.55. The molecule has 1 aromatic heterocycles. The third-order valence-corrected chi connectivity index (χ3v) is 6.31. The summed E-state index contributed by atoms with van der Waals surface area (Å²) in [6.07, 6.45) is 7.57. The van der Waals surface area contributed by atoms with Gasteiger partial charge in [-0.25, -0.2) is 0 Å². The van der Waals surface area contributed by atoms with Crippen LogP contribution in [0.3, 0.4) is 0 Å². The van der Waals surface area contributed by atoms with E-state index in [4.69, 9.17) is 5.84 Å². The first kappa shape index (κ1) is 24.9. The number of rotatable bonds is 11. The zero-order chi connectivity index (χ0) is 23.6. The lowest BCUT2D eigenvalue weighted by Gasteiger charge is -2.03. The van der Waals surface area contributed by atoms with E-state index in [-0.39, 0.29) is 11.5 Å². The fourth-order valence-corrected chi connectivity index (χ4v) is 4.05. The van der Waals surface area contributed by atoms with E-state index in [1.54, 1.807) is 18.3 Å². The molecular formula is C23H26Br2N6O2. The van der Waals surface area contributed by atoms with E-state index < -0.39 is 0 Å². The molecule has 0 saturated heterocycles. The van der Waals surface area contributed by atoms with Crippen molar-refractivity contribution in [2.45, 2.75) is 38.6 Å². The van der Waals surface area contributed by atoms with Gasteiger partial charge in [-0.05, 0) is 99.4 Å². The zero-order valence-corrected chi connectivity index (χ0v) is 21.2. The molecule has 3 aromatic rings. The van der Waals surface area contributed by atoms with Crippen molar-refractivity contribution < 1.29 is 10.2 Å². The predicted octanol–water partition coefficient (Wildman–Crippen LogP) is 4.41. The number of hydrogen-bond donors (Lipinski definition) is 3. The van der Waals surface area contributed by atoms with Gasteiger partial charge in [0.15, 0.2) is 0 Å². The van der Waals surface area contributed by atoms with Crippen LogP contribution in [0.5, 0.6) is 11.5 Å². The Morgan fingerprint density at radius 3 is 2.30 bits per heavy atom. The first-order valence-corrected chi connectivity index (χ1v) is 12.1. The highest BCUT2D eigenvalue weighted by atomic mass is 79.9. The van der Waals surface area contributed by atoms with Crippen LogP contribution in [0, 0.1) is 0 Å². The number of aromatic nitrogens is 3. The summed E-state index contributed by atoms with van der Waals surface area (Å²) in [5.74, 6) is 5.97. The van der Waals surface area contributed by atoms with Gasteiger partial charge in [-0.2, -0.15) is 5.10 Å². The van der Waals surface area contributed by atoms with Crippen molar-refractivity contribution in [3.8, 4) is 11.5 Å². The van der Waals surface area contributed by atoms with Crippen LogP contribution in [-0.2, 0) is 25.8 Å². The van der Waals surface area contributed by atoms with Crippen molar-refractivity contribution in [1.82, 2.24) is 15.0 Å². The first-order chi connectivity index (χ1) is 15.9. The van der Waals surface area contributed by atoms with E-state index in [9.17, 15) is 10.2 Å². The molecule has 0 aliphatic heterocycles. The Bertz CT molecular complexity index is 1130. The molecule has 0 radical (unpaired) electrons. The van der Waals surface area contributed by atoms with Crippen molar-refractivity contribution in [2.24, 2.45) is 15.9 Å². The van der Waals surface area contributed by atoms with Crippen molar-refractivity contribution >= 4 is 43.8 Å². The third kappa shape index (κ3) is 7.97. The van der Waals surface area contributed by atoms with Gasteiger partial charge in [0.1, 0.15) is 11.5 Å². The van der Waals surface area contributed by atoms with Crippen molar-refractivity contribution in [2.75, 3.05) is 6.54 Å². The second-order valence-corrected chi connectivity index (χ2v) is 9.26. The molecule has 2 aromatic carbocycles. The molecule has 0 aliphatic rings.